The van der Waals surface area contributed by atoms with E-state index in [1.54, 1.807) is 11.8 Å². The molecular weight excluding hydrogens is 366 g/mol. The average Bonchev–Trinajstić information content (AvgIpc) is 2.75. The van der Waals surface area contributed by atoms with E-state index in [4.69, 9.17) is 0 Å². The fourth-order valence-electron chi connectivity index (χ4n) is 3.39. The average molecular weight is 396 g/mol. The molecule has 28 heavy (non-hydrogen) atoms. The van der Waals surface area contributed by atoms with Gasteiger partial charge in [-0.2, -0.15) is 0 Å². The van der Waals surface area contributed by atoms with Gasteiger partial charge < -0.3 is 5.32 Å². The Kier molecular flexibility index (Phi) is 7.71. The molecule has 0 bridgehead atoms. The summed E-state index contributed by atoms with van der Waals surface area (Å²) in [5.74, 6) is 0.0684. The maximum Gasteiger partial charge on any atom is 0.241 e. The molecule has 1 aliphatic rings. The monoisotopic (exact) mass is 395 g/mol. The van der Waals surface area contributed by atoms with Gasteiger partial charge in [0.1, 0.15) is 0 Å². The highest BCUT2D eigenvalue weighted by Gasteiger charge is 2.25. The Labute approximate surface area is 172 Å². The van der Waals surface area contributed by atoms with E-state index in [2.05, 4.69) is 51.5 Å². The second kappa shape index (κ2) is 10.5. The van der Waals surface area contributed by atoms with Gasteiger partial charge in [-0.25, -0.2) is 0 Å². The number of nitrogens with zero attached hydrogens (tertiary/aromatic N) is 2. The third-order valence-corrected chi connectivity index (χ3v) is 5.97. The zero-order valence-electron chi connectivity index (χ0n) is 16.7. The summed E-state index contributed by atoms with van der Waals surface area (Å²) in [6.07, 6.45) is 6.42. The van der Waals surface area contributed by atoms with Crippen LogP contribution in [-0.2, 0) is 4.79 Å². The van der Waals surface area contributed by atoms with Gasteiger partial charge in [0.05, 0.1) is 11.7 Å². The molecule has 1 atom stereocenters. The van der Waals surface area contributed by atoms with Crippen LogP contribution in [0.3, 0.4) is 0 Å². The fraction of sp³-hybridized carbons (Fsp3) is 0.348. The van der Waals surface area contributed by atoms with E-state index in [1.165, 1.54) is 5.56 Å². The molecule has 1 unspecified atom stereocenters. The lowest BCUT2D eigenvalue weighted by Gasteiger charge is -2.37. The van der Waals surface area contributed by atoms with Crippen molar-refractivity contribution in [2.75, 3.05) is 44.3 Å². The van der Waals surface area contributed by atoms with Crippen molar-refractivity contribution in [3.63, 3.8) is 0 Å². The number of amides is 1. The van der Waals surface area contributed by atoms with Crippen molar-refractivity contribution in [2.24, 2.45) is 0 Å². The summed E-state index contributed by atoms with van der Waals surface area (Å²) in [6.45, 7) is 6.75. The number of para-hydroxylation sites is 1. The number of nitrogens with one attached hydrogen (secondary N) is 1. The summed E-state index contributed by atoms with van der Waals surface area (Å²) in [6, 6.07) is 18.2. The molecule has 0 aliphatic carbocycles. The number of hydrogen-bond donors (Lipinski definition) is 1. The van der Waals surface area contributed by atoms with Crippen LogP contribution in [-0.4, -0.2) is 60.7 Å². The highest BCUT2D eigenvalue weighted by atomic mass is 32.2. The predicted octanol–water partition coefficient (Wildman–Crippen LogP) is 4.07. The van der Waals surface area contributed by atoms with E-state index >= 15 is 0 Å². The smallest absolute Gasteiger partial charge is 0.241 e. The summed E-state index contributed by atoms with van der Waals surface area (Å²) in [5.41, 5.74) is 2.13. The van der Waals surface area contributed by atoms with Gasteiger partial charge in [-0.15, -0.1) is 11.8 Å². The largest absolute Gasteiger partial charge is 0.324 e. The third-order valence-electron chi connectivity index (χ3n) is 5.17. The lowest BCUT2D eigenvalue weighted by Crippen LogP contribution is -2.52. The molecule has 3 rings (SSSR count). The zero-order valence-corrected chi connectivity index (χ0v) is 17.5. The Morgan fingerprint density at radius 3 is 2.46 bits per heavy atom. The van der Waals surface area contributed by atoms with Crippen molar-refractivity contribution in [3.05, 3.63) is 66.2 Å². The highest BCUT2D eigenvalue weighted by molar-refractivity contribution is 7.98. The number of rotatable bonds is 7. The summed E-state index contributed by atoms with van der Waals surface area (Å²) in [5, 5.41) is 3.10. The molecule has 1 aliphatic heterocycles. The Morgan fingerprint density at radius 2 is 1.75 bits per heavy atom. The van der Waals surface area contributed by atoms with Crippen LogP contribution in [0.15, 0.2) is 65.6 Å². The SMILES string of the molecule is CSc1ccccc1NC(=O)C(C)N1CCN(C/C=C/c2ccccc2)CC1. The van der Waals surface area contributed by atoms with E-state index in [-0.39, 0.29) is 11.9 Å². The van der Waals surface area contributed by atoms with Gasteiger partial charge >= 0.3 is 0 Å². The van der Waals surface area contributed by atoms with E-state index in [9.17, 15) is 4.79 Å². The van der Waals surface area contributed by atoms with Crippen LogP contribution >= 0.6 is 11.8 Å². The third kappa shape index (κ3) is 5.71. The number of piperazine rings is 1. The minimum absolute atomic E-state index is 0.0684. The second-order valence-corrected chi connectivity index (χ2v) is 7.86. The molecule has 1 saturated heterocycles. The topological polar surface area (TPSA) is 35.6 Å². The molecule has 4 nitrogen and oxygen atoms in total. The first-order valence-electron chi connectivity index (χ1n) is 9.79. The van der Waals surface area contributed by atoms with E-state index in [0.717, 1.165) is 43.3 Å². The van der Waals surface area contributed by atoms with E-state index in [0.29, 0.717) is 0 Å². The fourth-order valence-corrected chi connectivity index (χ4v) is 3.94. The van der Waals surface area contributed by atoms with Crippen molar-refractivity contribution in [1.29, 1.82) is 0 Å². The van der Waals surface area contributed by atoms with Crippen LogP contribution in [0.5, 0.6) is 0 Å². The van der Waals surface area contributed by atoms with Crippen LogP contribution in [0.4, 0.5) is 5.69 Å². The first kappa shape index (κ1) is 20.6. The quantitative estimate of drug-likeness (QED) is 0.717. The molecule has 0 spiro atoms. The van der Waals surface area contributed by atoms with Gasteiger partial charge in [0.15, 0.2) is 0 Å². The van der Waals surface area contributed by atoms with Gasteiger partial charge in [-0.1, -0.05) is 54.6 Å². The number of anilines is 1. The molecule has 0 radical (unpaired) electrons. The molecular formula is C23H29N3OS. The summed E-state index contributed by atoms with van der Waals surface area (Å²) >= 11 is 1.65. The molecule has 5 heteroatoms. The van der Waals surface area contributed by atoms with Crippen molar-refractivity contribution >= 4 is 29.4 Å². The standard InChI is InChI=1S/C23H29N3OS/c1-19(23(27)24-21-12-6-7-13-22(21)28-2)26-17-15-25(16-18-26)14-8-11-20-9-4-3-5-10-20/h3-13,19H,14-18H2,1-2H3,(H,24,27)/b11-8+. The van der Waals surface area contributed by atoms with Crippen LogP contribution < -0.4 is 5.32 Å². The second-order valence-electron chi connectivity index (χ2n) is 7.02. The molecule has 1 heterocycles. The molecule has 2 aromatic carbocycles. The lowest BCUT2D eigenvalue weighted by molar-refractivity contribution is -0.121. The minimum atomic E-state index is -0.128. The molecule has 0 aromatic heterocycles. The van der Waals surface area contributed by atoms with Crippen LogP contribution in [0.1, 0.15) is 12.5 Å². The Bertz CT molecular complexity index is 785. The normalized spacial score (nSPS) is 16.9. The van der Waals surface area contributed by atoms with Gasteiger partial charge in [-0.3, -0.25) is 14.6 Å². The molecule has 2 aromatic rings. The molecule has 148 valence electrons. The first-order chi connectivity index (χ1) is 13.7. The minimum Gasteiger partial charge on any atom is -0.324 e. The Morgan fingerprint density at radius 1 is 1.07 bits per heavy atom. The first-order valence-corrected chi connectivity index (χ1v) is 11.0. The van der Waals surface area contributed by atoms with Crippen molar-refractivity contribution < 1.29 is 4.79 Å². The molecule has 1 fully saturated rings. The van der Waals surface area contributed by atoms with Gasteiger partial charge in [0.2, 0.25) is 5.91 Å². The van der Waals surface area contributed by atoms with Gasteiger partial charge in [0.25, 0.3) is 0 Å². The summed E-state index contributed by atoms with van der Waals surface area (Å²) in [7, 11) is 0. The summed E-state index contributed by atoms with van der Waals surface area (Å²) in [4.78, 5) is 18.5. The maximum absolute atomic E-state index is 12.7. The lowest BCUT2D eigenvalue weighted by atomic mass is 10.2. The number of thioether (sulfide) groups is 1. The summed E-state index contributed by atoms with van der Waals surface area (Å²) < 4.78 is 0. The van der Waals surface area contributed by atoms with Crippen LogP contribution in [0.2, 0.25) is 0 Å². The van der Waals surface area contributed by atoms with Crippen molar-refractivity contribution in [2.45, 2.75) is 17.9 Å². The number of carbonyl (C=O) groups excluding carboxylic acids is 1. The molecule has 1 amide bonds. The molecule has 1 N–H and O–H groups in total. The number of benzene rings is 2. The van der Waals surface area contributed by atoms with Crippen LogP contribution in [0.25, 0.3) is 6.08 Å². The maximum atomic E-state index is 12.7. The van der Waals surface area contributed by atoms with Crippen LogP contribution in [0, 0.1) is 0 Å². The predicted molar refractivity (Wildman–Crippen MR) is 120 cm³/mol. The van der Waals surface area contributed by atoms with Crippen molar-refractivity contribution in [1.82, 2.24) is 9.80 Å². The number of hydrogen-bond acceptors (Lipinski definition) is 4. The van der Waals surface area contributed by atoms with Gasteiger partial charge in [0, 0.05) is 37.6 Å². The van der Waals surface area contributed by atoms with E-state index < -0.39 is 0 Å². The van der Waals surface area contributed by atoms with Crippen molar-refractivity contribution in [3.8, 4) is 0 Å². The zero-order chi connectivity index (χ0) is 19.8. The number of carbonyl (C=O) groups is 1. The van der Waals surface area contributed by atoms with E-state index in [1.807, 2.05) is 43.5 Å². The highest BCUT2D eigenvalue weighted by Crippen LogP contribution is 2.25. The van der Waals surface area contributed by atoms with Gasteiger partial charge in [-0.05, 0) is 30.9 Å². The Hall–Kier alpha value is -2.08. The Balaban J connectivity index is 1.46. The molecule has 0 saturated carbocycles.